The molecule has 37 heavy (non-hydrogen) atoms. The number of fused-ring (bicyclic) bond motifs is 1. The monoisotopic (exact) mass is 519 g/mol. The lowest BCUT2D eigenvalue weighted by Crippen LogP contribution is -2.16. The summed E-state index contributed by atoms with van der Waals surface area (Å²) in [5.74, 6) is 1.58. The summed E-state index contributed by atoms with van der Waals surface area (Å²) in [5, 5.41) is 13.1. The first-order valence-corrected chi connectivity index (χ1v) is 11.4. The topological polar surface area (TPSA) is 118 Å². The Morgan fingerprint density at radius 3 is 2.41 bits per heavy atom. The molecule has 5 aromatic rings. The molecule has 5 rings (SSSR count). The van der Waals surface area contributed by atoms with Crippen LogP contribution in [-0.4, -0.2) is 56.8 Å². The van der Waals surface area contributed by atoms with Gasteiger partial charge >= 0.3 is 0 Å². The van der Waals surface area contributed by atoms with Gasteiger partial charge in [-0.15, -0.1) is 0 Å². The fraction of sp³-hybridized carbons (Fsp3) is 0.160. The van der Waals surface area contributed by atoms with Gasteiger partial charge in [-0.1, -0.05) is 17.7 Å². The van der Waals surface area contributed by atoms with Crippen molar-refractivity contribution in [2.24, 2.45) is 0 Å². The number of carbonyl (C=O) groups is 1. The number of hydrogen-bond acceptors (Lipinski definition) is 8. The zero-order valence-electron chi connectivity index (χ0n) is 20.4. The van der Waals surface area contributed by atoms with E-state index in [2.05, 4.69) is 25.5 Å². The fourth-order valence-electron chi connectivity index (χ4n) is 3.95. The summed E-state index contributed by atoms with van der Waals surface area (Å²) in [6, 6.07) is 12.2. The molecule has 0 unspecified atom stereocenters. The Hall–Kier alpha value is -4.64. The van der Waals surface area contributed by atoms with E-state index in [1.54, 1.807) is 45.9 Å². The number of nitrogens with zero attached hydrogens (tertiary/aromatic N) is 6. The van der Waals surface area contributed by atoms with Crippen LogP contribution in [-0.2, 0) is 0 Å². The minimum absolute atomic E-state index is 0.307. The summed E-state index contributed by atoms with van der Waals surface area (Å²) in [5.41, 5.74) is 2.29. The van der Waals surface area contributed by atoms with Gasteiger partial charge in [-0.25, -0.2) is 14.6 Å². The Morgan fingerprint density at radius 2 is 1.73 bits per heavy atom. The van der Waals surface area contributed by atoms with Crippen LogP contribution in [0.3, 0.4) is 0 Å². The highest BCUT2D eigenvalue weighted by molar-refractivity contribution is 6.30. The SMILES string of the molecule is COc1cc(C(=O)Nc2cc(C)nn2-c2ncnc3c2cnn3-c2cccc(Cl)c2)cc(OC)c1OC. The van der Waals surface area contributed by atoms with Gasteiger partial charge in [-0.3, -0.25) is 4.79 Å². The number of aromatic nitrogens is 6. The minimum Gasteiger partial charge on any atom is -0.493 e. The van der Waals surface area contributed by atoms with Crippen LogP contribution in [0.1, 0.15) is 16.1 Å². The van der Waals surface area contributed by atoms with Gasteiger partial charge in [-0.2, -0.15) is 14.9 Å². The van der Waals surface area contributed by atoms with Crippen molar-refractivity contribution in [2.45, 2.75) is 6.92 Å². The van der Waals surface area contributed by atoms with Crippen LogP contribution in [0.25, 0.3) is 22.5 Å². The zero-order valence-corrected chi connectivity index (χ0v) is 21.1. The maximum atomic E-state index is 13.3. The number of amides is 1. The van der Waals surface area contributed by atoms with Crippen molar-refractivity contribution in [3.05, 3.63) is 71.3 Å². The second kappa shape index (κ2) is 9.78. The average Bonchev–Trinajstić information content (AvgIpc) is 3.50. The van der Waals surface area contributed by atoms with Crippen molar-refractivity contribution in [1.29, 1.82) is 0 Å². The first-order valence-electron chi connectivity index (χ1n) is 11.1. The van der Waals surface area contributed by atoms with E-state index in [1.807, 2.05) is 19.1 Å². The van der Waals surface area contributed by atoms with Crippen molar-refractivity contribution in [2.75, 3.05) is 26.6 Å². The molecule has 0 fully saturated rings. The molecule has 2 aromatic carbocycles. The van der Waals surface area contributed by atoms with E-state index in [1.165, 1.54) is 27.7 Å². The van der Waals surface area contributed by atoms with Crippen molar-refractivity contribution in [3.63, 3.8) is 0 Å². The van der Waals surface area contributed by atoms with Gasteiger partial charge in [0, 0.05) is 16.7 Å². The van der Waals surface area contributed by atoms with Crippen LogP contribution in [0.2, 0.25) is 5.02 Å². The quantitative estimate of drug-likeness (QED) is 0.339. The summed E-state index contributed by atoms with van der Waals surface area (Å²) < 4.78 is 19.3. The van der Waals surface area contributed by atoms with Gasteiger partial charge < -0.3 is 19.5 Å². The highest BCUT2D eigenvalue weighted by Gasteiger charge is 2.21. The molecule has 0 atom stereocenters. The normalized spacial score (nSPS) is 10.9. The van der Waals surface area contributed by atoms with Crippen LogP contribution in [0.5, 0.6) is 17.2 Å². The zero-order chi connectivity index (χ0) is 26.1. The van der Waals surface area contributed by atoms with Gasteiger partial charge in [0.15, 0.2) is 23.0 Å². The van der Waals surface area contributed by atoms with Crippen molar-refractivity contribution < 1.29 is 19.0 Å². The van der Waals surface area contributed by atoms with E-state index in [9.17, 15) is 4.79 Å². The van der Waals surface area contributed by atoms with E-state index in [0.29, 0.717) is 56.2 Å². The van der Waals surface area contributed by atoms with Crippen LogP contribution in [0, 0.1) is 6.92 Å². The molecule has 11 nitrogen and oxygen atoms in total. The smallest absolute Gasteiger partial charge is 0.257 e. The third-order valence-electron chi connectivity index (χ3n) is 5.60. The predicted octanol–water partition coefficient (Wildman–Crippen LogP) is 4.24. The second-order valence-corrected chi connectivity index (χ2v) is 8.36. The third kappa shape index (κ3) is 4.40. The number of halogens is 1. The van der Waals surface area contributed by atoms with Crippen LogP contribution >= 0.6 is 11.6 Å². The Labute approximate surface area is 216 Å². The predicted molar refractivity (Wildman–Crippen MR) is 138 cm³/mol. The van der Waals surface area contributed by atoms with E-state index in [4.69, 9.17) is 25.8 Å². The molecule has 0 aliphatic heterocycles. The summed E-state index contributed by atoms with van der Waals surface area (Å²) in [6.07, 6.45) is 3.07. The standard InChI is InChI=1S/C25H22ClN7O4/c1-14-8-21(30-25(34)15-9-19(35-2)22(37-4)20(10-15)36-3)33(31-14)24-18-12-29-32(23(18)27-13-28-24)17-7-5-6-16(26)11-17/h5-13H,1-4H3,(H,30,34). The Balaban J connectivity index is 1.54. The number of ether oxygens (including phenoxy) is 3. The number of methoxy groups -OCH3 is 3. The molecular formula is C25H22ClN7O4. The highest BCUT2D eigenvalue weighted by Crippen LogP contribution is 2.38. The Kier molecular flexibility index (Phi) is 6.36. The van der Waals surface area contributed by atoms with Gasteiger partial charge in [0.1, 0.15) is 12.1 Å². The lowest BCUT2D eigenvalue weighted by molar-refractivity contribution is 0.102. The van der Waals surface area contributed by atoms with E-state index in [0.717, 1.165) is 5.69 Å². The number of anilines is 1. The number of nitrogens with one attached hydrogen (secondary N) is 1. The molecule has 0 spiro atoms. The van der Waals surface area contributed by atoms with Gasteiger partial charge in [0.05, 0.1) is 44.3 Å². The summed E-state index contributed by atoms with van der Waals surface area (Å²) in [4.78, 5) is 22.1. The summed E-state index contributed by atoms with van der Waals surface area (Å²) in [6.45, 7) is 1.82. The molecule has 3 aromatic heterocycles. The van der Waals surface area contributed by atoms with E-state index >= 15 is 0 Å². The van der Waals surface area contributed by atoms with Crippen LogP contribution in [0.15, 0.2) is 55.0 Å². The molecule has 12 heteroatoms. The fourth-order valence-corrected chi connectivity index (χ4v) is 4.13. The molecule has 3 heterocycles. The Bertz CT molecular complexity index is 1600. The number of rotatable bonds is 7. The van der Waals surface area contributed by atoms with Gasteiger partial charge in [0.2, 0.25) is 5.75 Å². The first kappa shape index (κ1) is 24.1. The second-order valence-electron chi connectivity index (χ2n) is 7.92. The molecule has 0 saturated heterocycles. The van der Waals surface area contributed by atoms with Crippen molar-refractivity contribution >= 4 is 34.4 Å². The van der Waals surface area contributed by atoms with Crippen molar-refractivity contribution in [1.82, 2.24) is 29.5 Å². The van der Waals surface area contributed by atoms with E-state index in [-0.39, 0.29) is 0 Å². The molecule has 0 aliphatic carbocycles. The lowest BCUT2D eigenvalue weighted by atomic mass is 10.1. The lowest BCUT2D eigenvalue weighted by Gasteiger charge is -2.14. The molecule has 188 valence electrons. The minimum atomic E-state index is -0.402. The van der Waals surface area contributed by atoms with E-state index < -0.39 is 5.91 Å². The number of aryl methyl sites for hydroxylation is 1. The van der Waals surface area contributed by atoms with Gasteiger partial charge in [-0.05, 0) is 37.3 Å². The van der Waals surface area contributed by atoms with Crippen LogP contribution < -0.4 is 19.5 Å². The molecule has 0 saturated carbocycles. The molecule has 0 bridgehead atoms. The number of hydrogen-bond donors (Lipinski definition) is 1. The third-order valence-corrected chi connectivity index (χ3v) is 5.83. The molecular weight excluding hydrogens is 498 g/mol. The first-order chi connectivity index (χ1) is 17.9. The average molecular weight is 520 g/mol. The molecule has 0 aliphatic rings. The molecule has 1 amide bonds. The largest absolute Gasteiger partial charge is 0.493 e. The molecule has 0 radical (unpaired) electrons. The highest BCUT2D eigenvalue weighted by atomic mass is 35.5. The number of carbonyl (C=O) groups excluding carboxylic acids is 1. The Morgan fingerprint density at radius 1 is 0.973 bits per heavy atom. The van der Waals surface area contributed by atoms with Crippen LogP contribution in [0.4, 0.5) is 5.82 Å². The summed E-state index contributed by atoms with van der Waals surface area (Å²) >= 11 is 6.17. The maximum absolute atomic E-state index is 13.3. The van der Waals surface area contributed by atoms with Gasteiger partial charge in [0.25, 0.3) is 5.91 Å². The molecule has 1 N–H and O–H groups in total. The maximum Gasteiger partial charge on any atom is 0.257 e. The van der Waals surface area contributed by atoms with Crippen molar-refractivity contribution in [3.8, 4) is 28.8 Å². The summed E-state index contributed by atoms with van der Waals surface area (Å²) in [7, 11) is 4.47. The number of benzene rings is 2.